The highest BCUT2D eigenvalue weighted by molar-refractivity contribution is 5.78. The summed E-state index contributed by atoms with van der Waals surface area (Å²) < 4.78 is 13.7. The van der Waals surface area contributed by atoms with E-state index in [0.717, 1.165) is 25.9 Å². The van der Waals surface area contributed by atoms with E-state index in [1.54, 1.807) is 18.2 Å². The first-order valence-electron chi connectivity index (χ1n) is 8.24. The predicted molar refractivity (Wildman–Crippen MR) is 87.1 cm³/mol. The standard InChI is InChI=1S/C18H25FN2O2/c1-14-6-5-10-21(12-14)18(23)9-11-20(15(2)22)13-16-7-3-4-8-17(16)19/h3-4,7-8,14H,5-6,9-13H2,1-2H3. The van der Waals surface area contributed by atoms with Gasteiger partial charge in [0.15, 0.2) is 0 Å². The zero-order chi connectivity index (χ0) is 16.8. The minimum absolute atomic E-state index is 0.0799. The number of hydrogen-bond acceptors (Lipinski definition) is 2. The molecular weight excluding hydrogens is 295 g/mol. The predicted octanol–water partition coefficient (Wildman–Crippen LogP) is 2.82. The minimum atomic E-state index is -0.324. The molecule has 2 rings (SSSR count). The van der Waals surface area contributed by atoms with Crippen molar-refractivity contribution >= 4 is 11.8 Å². The summed E-state index contributed by atoms with van der Waals surface area (Å²) in [5.74, 6) is 0.148. The number of carbonyl (C=O) groups is 2. The number of benzene rings is 1. The zero-order valence-corrected chi connectivity index (χ0v) is 13.9. The van der Waals surface area contributed by atoms with Crippen molar-refractivity contribution in [3.63, 3.8) is 0 Å². The highest BCUT2D eigenvalue weighted by Crippen LogP contribution is 2.17. The van der Waals surface area contributed by atoms with Crippen LogP contribution >= 0.6 is 0 Å². The molecule has 1 aromatic rings. The fourth-order valence-corrected chi connectivity index (χ4v) is 2.98. The van der Waals surface area contributed by atoms with E-state index in [4.69, 9.17) is 0 Å². The molecule has 0 bridgehead atoms. The van der Waals surface area contributed by atoms with Gasteiger partial charge in [-0.1, -0.05) is 25.1 Å². The lowest BCUT2D eigenvalue weighted by molar-refractivity contribution is -0.135. The molecule has 4 nitrogen and oxygen atoms in total. The van der Waals surface area contributed by atoms with Crippen molar-refractivity contribution in [2.45, 2.75) is 39.7 Å². The van der Waals surface area contributed by atoms with E-state index in [-0.39, 0.29) is 24.2 Å². The van der Waals surface area contributed by atoms with E-state index in [9.17, 15) is 14.0 Å². The normalized spacial score (nSPS) is 17.9. The molecule has 2 amide bonds. The van der Waals surface area contributed by atoms with Crippen LogP contribution in [0.25, 0.3) is 0 Å². The fourth-order valence-electron chi connectivity index (χ4n) is 2.98. The second-order valence-corrected chi connectivity index (χ2v) is 6.37. The molecule has 5 heteroatoms. The summed E-state index contributed by atoms with van der Waals surface area (Å²) in [4.78, 5) is 27.5. The maximum Gasteiger partial charge on any atom is 0.224 e. The highest BCUT2D eigenvalue weighted by Gasteiger charge is 2.22. The molecule has 1 aromatic carbocycles. The van der Waals surface area contributed by atoms with Crippen LogP contribution in [0, 0.1) is 11.7 Å². The van der Waals surface area contributed by atoms with Crippen molar-refractivity contribution < 1.29 is 14.0 Å². The molecule has 126 valence electrons. The topological polar surface area (TPSA) is 40.6 Å². The van der Waals surface area contributed by atoms with Gasteiger partial charge >= 0.3 is 0 Å². The molecule has 0 N–H and O–H groups in total. The second-order valence-electron chi connectivity index (χ2n) is 6.37. The summed E-state index contributed by atoms with van der Waals surface area (Å²) in [5, 5.41) is 0. The molecule has 0 saturated carbocycles. The molecule has 1 aliphatic heterocycles. The van der Waals surface area contributed by atoms with Gasteiger partial charge in [0.05, 0.1) is 0 Å². The zero-order valence-electron chi connectivity index (χ0n) is 13.9. The van der Waals surface area contributed by atoms with Crippen molar-refractivity contribution in [3.05, 3.63) is 35.6 Å². The number of carbonyl (C=O) groups excluding carboxylic acids is 2. The lowest BCUT2D eigenvalue weighted by Crippen LogP contribution is -2.41. The third-order valence-corrected chi connectivity index (χ3v) is 4.37. The van der Waals surface area contributed by atoms with Gasteiger partial charge in [-0.15, -0.1) is 0 Å². The van der Waals surface area contributed by atoms with Crippen LogP contribution in [0.3, 0.4) is 0 Å². The van der Waals surface area contributed by atoms with Crippen LogP contribution in [0.5, 0.6) is 0 Å². The van der Waals surface area contributed by atoms with E-state index in [2.05, 4.69) is 6.92 Å². The van der Waals surface area contributed by atoms with Crippen LogP contribution in [-0.4, -0.2) is 41.2 Å². The molecule has 1 atom stereocenters. The molecule has 1 saturated heterocycles. The average Bonchev–Trinajstić information content (AvgIpc) is 2.52. The first-order valence-corrected chi connectivity index (χ1v) is 8.24. The third-order valence-electron chi connectivity index (χ3n) is 4.37. The minimum Gasteiger partial charge on any atom is -0.342 e. The molecule has 0 aliphatic carbocycles. The first kappa shape index (κ1) is 17.4. The van der Waals surface area contributed by atoms with Gasteiger partial charge in [0.25, 0.3) is 0 Å². The van der Waals surface area contributed by atoms with Gasteiger partial charge in [0.2, 0.25) is 11.8 Å². The van der Waals surface area contributed by atoms with Crippen LogP contribution in [0.2, 0.25) is 0 Å². The van der Waals surface area contributed by atoms with Gasteiger partial charge in [0, 0.05) is 45.1 Å². The molecular formula is C18H25FN2O2. The van der Waals surface area contributed by atoms with E-state index < -0.39 is 0 Å². The van der Waals surface area contributed by atoms with Gasteiger partial charge in [-0.25, -0.2) is 4.39 Å². The average molecular weight is 320 g/mol. The monoisotopic (exact) mass is 320 g/mol. The Hall–Kier alpha value is -1.91. The Morgan fingerprint density at radius 1 is 1.35 bits per heavy atom. The van der Waals surface area contributed by atoms with E-state index in [1.807, 2.05) is 4.90 Å². The molecule has 23 heavy (non-hydrogen) atoms. The van der Waals surface area contributed by atoms with Gasteiger partial charge in [-0.2, -0.15) is 0 Å². The summed E-state index contributed by atoms with van der Waals surface area (Å²) >= 11 is 0. The molecule has 1 heterocycles. The Kier molecular flexibility index (Phi) is 6.13. The lowest BCUT2D eigenvalue weighted by Gasteiger charge is -2.31. The largest absolute Gasteiger partial charge is 0.342 e. The van der Waals surface area contributed by atoms with Crippen molar-refractivity contribution in [1.29, 1.82) is 0 Å². The van der Waals surface area contributed by atoms with Crippen molar-refractivity contribution in [3.8, 4) is 0 Å². The highest BCUT2D eigenvalue weighted by atomic mass is 19.1. The van der Waals surface area contributed by atoms with Crippen LogP contribution in [0.1, 0.15) is 38.7 Å². The number of hydrogen-bond donors (Lipinski definition) is 0. The number of amides is 2. The Morgan fingerprint density at radius 2 is 2.09 bits per heavy atom. The number of nitrogens with zero attached hydrogens (tertiary/aromatic N) is 2. The summed E-state index contributed by atoms with van der Waals surface area (Å²) in [6, 6.07) is 6.42. The molecule has 0 spiro atoms. The summed E-state index contributed by atoms with van der Waals surface area (Å²) in [6.45, 7) is 5.73. The van der Waals surface area contributed by atoms with Gasteiger partial charge in [-0.05, 0) is 24.8 Å². The van der Waals surface area contributed by atoms with E-state index >= 15 is 0 Å². The van der Waals surface area contributed by atoms with Crippen molar-refractivity contribution in [2.75, 3.05) is 19.6 Å². The van der Waals surface area contributed by atoms with E-state index in [1.165, 1.54) is 17.9 Å². The summed E-state index contributed by atoms with van der Waals surface area (Å²) in [7, 11) is 0. The summed E-state index contributed by atoms with van der Waals surface area (Å²) in [5.41, 5.74) is 0.474. The molecule has 1 unspecified atom stereocenters. The Balaban J connectivity index is 1.91. The van der Waals surface area contributed by atoms with Gasteiger partial charge in [-0.3, -0.25) is 9.59 Å². The Morgan fingerprint density at radius 3 is 2.74 bits per heavy atom. The van der Waals surface area contributed by atoms with Gasteiger partial charge < -0.3 is 9.80 Å². The van der Waals surface area contributed by atoms with Crippen LogP contribution in [-0.2, 0) is 16.1 Å². The molecule has 0 aromatic heterocycles. The summed E-state index contributed by atoms with van der Waals surface area (Å²) in [6.07, 6.45) is 2.50. The SMILES string of the molecule is CC(=O)N(CCC(=O)N1CCCC(C)C1)Cc1ccccc1F. The Labute approximate surface area is 137 Å². The number of rotatable bonds is 5. The van der Waals surface area contributed by atoms with Crippen LogP contribution in [0.15, 0.2) is 24.3 Å². The smallest absolute Gasteiger partial charge is 0.224 e. The Bertz CT molecular complexity index is 562. The number of piperidine rings is 1. The number of likely N-dealkylation sites (tertiary alicyclic amines) is 1. The van der Waals surface area contributed by atoms with Crippen LogP contribution < -0.4 is 0 Å². The van der Waals surface area contributed by atoms with Crippen molar-refractivity contribution in [1.82, 2.24) is 9.80 Å². The lowest BCUT2D eigenvalue weighted by atomic mass is 10.00. The number of halogens is 1. The maximum atomic E-state index is 13.7. The van der Waals surface area contributed by atoms with Gasteiger partial charge in [0.1, 0.15) is 5.82 Å². The van der Waals surface area contributed by atoms with E-state index in [0.29, 0.717) is 24.4 Å². The third kappa shape index (κ3) is 5.05. The van der Waals surface area contributed by atoms with Crippen molar-refractivity contribution in [2.24, 2.45) is 5.92 Å². The second kappa shape index (κ2) is 8.09. The quantitative estimate of drug-likeness (QED) is 0.837. The first-order chi connectivity index (χ1) is 11.0. The molecule has 1 aliphatic rings. The fraction of sp³-hybridized carbons (Fsp3) is 0.556. The molecule has 0 radical (unpaired) electrons. The maximum absolute atomic E-state index is 13.7. The van der Waals surface area contributed by atoms with Crippen LogP contribution in [0.4, 0.5) is 4.39 Å². The molecule has 1 fully saturated rings.